The summed E-state index contributed by atoms with van der Waals surface area (Å²) in [5.41, 5.74) is 0.0945. The third-order valence-electron chi connectivity index (χ3n) is 3.39. The first-order valence-electron chi connectivity index (χ1n) is 6.18. The zero-order chi connectivity index (χ0) is 14.0. The standard InChI is InChI=1S/C13H16BrF3N2/c1-9-7-18-4-5-19(9)8-10-6-11(13(15,16)17)2-3-12(10)14/h2-3,6,9,18H,4-5,7-8H2,1H3/t9-/m0/s1. The third kappa shape index (κ3) is 3.70. The van der Waals surface area contributed by atoms with Crippen LogP contribution in [-0.2, 0) is 12.7 Å². The van der Waals surface area contributed by atoms with Crippen molar-refractivity contribution >= 4 is 15.9 Å². The van der Waals surface area contributed by atoms with E-state index in [-0.39, 0.29) is 0 Å². The molecule has 0 saturated carbocycles. The summed E-state index contributed by atoms with van der Waals surface area (Å²) < 4.78 is 38.9. The molecule has 1 heterocycles. The van der Waals surface area contributed by atoms with Gasteiger partial charge in [-0.05, 0) is 30.7 Å². The summed E-state index contributed by atoms with van der Waals surface area (Å²) in [4.78, 5) is 2.19. The Morgan fingerprint density at radius 2 is 2.16 bits per heavy atom. The number of nitrogens with zero attached hydrogens (tertiary/aromatic N) is 1. The second-order valence-electron chi connectivity index (χ2n) is 4.83. The first kappa shape index (κ1) is 14.8. The molecule has 0 bridgehead atoms. The van der Waals surface area contributed by atoms with E-state index in [1.807, 2.05) is 0 Å². The SMILES string of the molecule is C[C@H]1CNCCN1Cc1cc(C(F)(F)F)ccc1Br. The number of hydrogen-bond acceptors (Lipinski definition) is 2. The molecule has 1 saturated heterocycles. The normalized spacial score (nSPS) is 21.6. The maximum absolute atomic E-state index is 12.7. The Hall–Kier alpha value is -0.590. The van der Waals surface area contributed by atoms with E-state index >= 15 is 0 Å². The fourth-order valence-electron chi connectivity index (χ4n) is 2.21. The summed E-state index contributed by atoms with van der Waals surface area (Å²) in [6.45, 7) is 5.21. The Kier molecular flexibility index (Phi) is 4.53. The fraction of sp³-hybridized carbons (Fsp3) is 0.538. The smallest absolute Gasteiger partial charge is 0.314 e. The van der Waals surface area contributed by atoms with E-state index in [4.69, 9.17) is 0 Å². The number of halogens is 4. The zero-order valence-corrected chi connectivity index (χ0v) is 12.2. The summed E-state index contributed by atoms with van der Waals surface area (Å²) in [6, 6.07) is 4.15. The lowest BCUT2D eigenvalue weighted by atomic mass is 10.1. The van der Waals surface area contributed by atoms with Gasteiger partial charge in [0.15, 0.2) is 0 Å². The van der Waals surface area contributed by atoms with Crippen LogP contribution in [0.5, 0.6) is 0 Å². The molecule has 1 fully saturated rings. The highest BCUT2D eigenvalue weighted by Crippen LogP contribution is 2.32. The van der Waals surface area contributed by atoms with Gasteiger partial charge < -0.3 is 5.32 Å². The molecule has 0 radical (unpaired) electrons. The van der Waals surface area contributed by atoms with E-state index in [0.29, 0.717) is 18.2 Å². The van der Waals surface area contributed by atoms with Crippen LogP contribution in [0, 0.1) is 0 Å². The van der Waals surface area contributed by atoms with Crippen molar-refractivity contribution in [3.05, 3.63) is 33.8 Å². The van der Waals surface area contributed by atoms with Gasteiger partial charge in [-0.2, -0.15) is 13.2 Å². The molecule has 1 aromatic rings. The number of alkyl halides is 3. The highest BCUT2D eigenvalue weighted by atomic mass is 79.9. The van der Waals surface area contributed by atoms with Crippen molar-refractivity contribution in [1.82, 2.24) is 10.2 Å². The molecular formula is C13H16BrF3N2. The van der Waals surface area contributed by atoms with Crippen LogP contribution in [-0.4, -0.2) is 30.6 Å². The van der Waals surface area contributed by atoms with E-state index in [1.165, 1.54) is 12.1 Å². The minimum absolute atomic E-state index is 0.329. The number of benzene rings is 1. The molecule has 1 aliphatic rings. The third-order valence-corrected chi connectivity index (χ3v) is 4.16. The lowest BCUT2D eigenvalue weighted by Crippen LogP contribution is -2.49. The Morgan fingerprint density at radius 3 is 2.79 bits per heavy atom. The number of hydrogen-bond donors (Lipinski definition) is 1. The van der Waals surface area contributed by atoms with Crippen LogP contribution >= 0.6 is 15.9 Å². The van der Waals surface area contributed by atoms with Gasteiger partial charge in [-0.15, -0.1) is 0 Å². The Morgan fingerprint density at radius 1 is 1.42 bits per heavy atom. The summed E-state index contributed by atoms with van der Waals surface area (Å²) in [5.74, 6) is 0. The van der Waals surface area contributed by atoms with E-state index in [9.17, 15) is 13.2 Å². The number of piperazine rings is 1. The average Bonchev–Trinajstić information content (AvgIpc) is 2.33. The first-order chi connectivity index (χ1) is 8.88. The maximum Gasteiger partial charge on any atom is 0.416 e. The van der Waals surface area contributed by atoms with Gasteiger partial charge in [-0.3, -0.25) is 4.90 Å². The van der Waals surface area contributed by atoms with Crippen molar-refractivity contribution in [1.29, 1.82) is 0 Å². The monoisotopic (exact) mass is 336 g/mol. The van der Waals surface area contributed by atoms with Gasteiger partial charge in [0, 0.05) is 36.7 Å². The van der Waals surface area contributed by atoms with Crippen LogP contribution in [0.15, 0.2) is 22.7 Å². The molecule has 1 aromatic carbocycles. The van der Waals surface area contributed by atoms with Crippen molar-refractivity contribution in [2.45, 2.75) is 25.7 Å². The lowest BCUT2D eigenvalue weighted by Gasteiger charge is -2.34. The number of rotatable bonds is 2. The Balaban J connectivity index is 2.19. The highest BCUT2D eigenvalue weighted by molar-refractivity contribution is 9.10. The van der Waals surface area contributed by atoms with Crippen molar-refractivity contribution < 1.29 is 13.2 Å². The van der Waals surface area contributed by atoms with Crippen molar-refractivity contribution in [2.24, 2.45) is 0 Å². The molecule has 0 aromatic heterocycles. The molecule has 6 heteroatoms. The molecule has 0 spiro atoms. The van der Waals surface area contributed by atoms with Crippen LogP contribution in [0.2, 0.25) is 0 Å². The van der Waals surface area contributed by atoms with Crippen LogP contribution in [0.4, 0.5) is 13.2 Å². The van der Waals surface area contributed by atoms with Gasteiger partial charge in [-0.25, -0.2) is 0 Å². The molecule has 2 nitrogen and oxygen atoms in total. The van der Waals surface area contributed by atoms with Gasteiger partial charge in [-0.1, -0.05) is 15.9 Å². The van der Waals surface area contributed by atoms with Crippen molar-refractivity contribution in [3.63, 3.8) is 0 Å². The van der Waals surface area contributed by atoms with Gasteiger partial charge in [0.1, 0.15) is 0 Å². The van der Waals surface area contributed by atoms with Gasteiger partial charge in [0.05, 0.1) is 5.56 Å². The van der Waals surface area contributed by atoms with E-state index in [0.717, 1.165) is 30.2 Å². The summed E-state index contributed by atoms with van der Waals surface area (Å²) in [6.07, 6.45) is -4.29. The molecule has 106 valence electrons. The molecule has 0 unspecified atom stereocenters. The van der Waals surface area contributed by atoms with Crippen LogP contribution in [0.1, 0.15) is 18.1 Å². The molecule has 2 rings (SSSR count). The zero-order valence-electron chi connectivity index (χ0n) is 10.6. The molecular weight excluding hydrogens is 321 g/mol. The molecule has 19 heavy (non-hydrogen) atoms. The highest BCUT2D eigenvalue weighted by Gasteiger charge is 2.31. The lowest BCUT2D eigenvalue weighted by molar-refractivity contribution is -0.137. The molecule has 1 aliphatic heterocycles. The van der Waals surface area contributed by atoms with Gasteiger partial charge in [0.2, 0.25) is 0 Å². The Bertz CT molecular complexity index is 448. The van der Waals surface area contributed by atoms with Crippen LogP contribution in [0.25, 0.3) is 0 Å². The summed E-state index contributed by atoms with van der Waals surface area (Å²) >= 11 is 3.33. The summed E-state index contributed by atoms with van der Waals surface area (Å²) in [7, 11) is 0. The topological polar surface area (TPSA) is 15.3 Å². The minimum Gasteiger partial charge on any atom is -0.314 e. The molecule has 0 aliphatic carbocycles. The largest absolute Gasteiger partial charge is 0.416 e. The average molecular weight is 337 g/mol. The molecule has 1 N–H and O–H groups in total. The molecule has 1 atom stereocenters. The van der Waals surface area contributed by atoms with E-state index < -0.39 is 11.7 Å². The van der Waals surface area contributed by atoms with E-state index in [1.54, 1.807) is 0 Å². The second-order valence-corrected chi connectivity index (χ2v) is 5.68. The summed E-state index contributed by atoms with van der Waals surface area (Å²) in [5, 5.41) is 3.27. The van der Waals surface area contributed by atoms with Crippen LogP contribution in [0.3, 0.4) is 0 Å². The maximum atomic E-state index is 12.7. The predicted molar refractivity (Wildman–Crippen MR) is 71.9 cm³/mol. The fourth-order valence-corrected chi connectivity index (χ4v) is 2.58. The predicted octanol–water partition coefficient (Wildman–Crippen LogP) is 3.26. The number of nitrogens with one attached hydrogen (secondary N) is 1. The minimum atomic E-state index is -4.29. The Labute approximate surface area is 119 Å². The molecule has 0 amide bonds. The second kappa shape index (κ2) is 5.81. The van der Waals surface area contributed by atoms with E-state index in [2.05, 4.69) is 33.1 Å². The quantitative estimate of drug-likeness (QED) is 0.891. The van der Waals surface area contributed by atoms with Crippen molar-refractivity contribution in [3.8, 4) is 0 Å². The van der Waals surface area contributed by atoms with Crippen LogP contribution < -0.4 is 5.32 Å². The van der Waals surface area contributed by atoms with Gasteiger partial charge >= 0.3 is 6.18 Å². The first-order valence-corrected chi connectivity index (χ1v) is 6.97. The van der Waals surface area contributed by atoms with Crippen molar-refractivity contribution in [2.75, 3.05) is 19.6 Å². The van der Waals surface area contributed by atoms with Gasteiger partial charge in [0.25, 0.3) is 0 Å².